The van der Waals surface area contributed by atoms with E-state index in [9.17, 15) is 0 Å². The first-order chi connectivity index (χ1) is 5.18. The second-order valence-corrected chi connectivity index (χ2v) is 8.97. The summed E-state index contributed by atoms with van der Waals surface area (Å²) in [5.74, 6) is 0. The van der Waals surface area contributed by atoms with Gasteiger partial charge in [0.2, 0.25) is 0 Å². The Balaban J connectivity index is 2.66. The maximum atomic E-state index is 3.42. The zero-order valence-corrected chi connectivity index (χ0v) is 10.3. The Morgan fingerprint density at radius 1 is 1.18 bits per heavy atom. The van der Waals surface area contributed by atoms with Crippen LogP contribution >= 0.6 is 15.9 Å². The van der Waals surface area contributed by atoms with Crippen LogP contribution in [-0.2, 0) is 5.21 Å². The number of hydrogen-bond donors (Lipinski definition) is 0. The topological polar surface area (TPSA) is 0 Å². The third kappa shape index (κ3) is 3.44. The van der Waals surface area contributed by atoms with Crippen LogP contribution in [0.3, 0.4) is 0 Å². The summed E-state index contributed by atoms with van der Waals surface area (Å²) in [6.07, 6.45) is 0. The number of benzene rings is 1. The van der Waals surface area contributed by atoms with E-state index in [0.717, 1.165) is 0 Å². The van der Waals surface area contributed by atoms with Gasteiger partial charge in [0.25, 0.3) is 0 Å². The Labute approximate surface area is 81.4 Å². The van der Waals surface area contributed by atoms with Crippen LogP contribution in [-0.4, -0.2) is 14.7 Å². The molecule has 0 saturated carbocycles. The summed E-state index contributed by atoms with van der Waals surface area (Å²) in [5.41, 5.74) is 6.25. The fourth-order valence-corrected chi connectivity index (χ4v) is 3.19. The Bertz CT molecular complexity index is 216. The second-order valence-electron chi connectivity index (χ2n) is 2.86. The molecular weight excluding hydrogens is 263 g/mol. The Morgan fingerprint density at radius 3 is 2.18 bits per heavy atom. The quantitative estimate of drug-likeness (QED) is 0.726. The molecule has 0 radical (unpaired) electrons. The normalized spacial score (nSPS) is 10.5. The van der Waals surface area contributed by atoms with Crippen molar-refractivity contribution in [2.24, 2.45) is 0 Å². The average molecular weight is 275 g/mol. The van der Waals surface area contributed by atoms with Crippen molar-refractivity contribution in [2.75, 3.05) is 0 Å². The van der Waals surface area contributed by atoms with Gasteiger partial charge in [0.15, 0.2) is 0 Å². The molecule has 0 saturated heterocycles. The van der Waals surface area contributed by atoms with Crippen molar-refractivity contribution in [2.45, 2.75) is 16.6 Å². The minimum absolute atomic E-state index is 0.487. The summed E-state index contributed by atoms with van der Waals surface area (Å²) in [5, 5.41) is 1.32. The summed E-state index contributed by atoms with van der Waals surface area (Å²) in [6.45, 7) is 0. The van der Waals surface area contributed by atoms with Crippen LogP contribution in [0, 0.1) is 0 Å². The van der Waals surface area contributed by atoms with Crippen LogP contribution < -0.4 is 0 Å². The first-order valence-electron chi connectivity index (χ1n) is 3.57. The second kappa shape index (κ2) is 4.33. The molecule has 1 rings (SSSR count). The first kappa shape index (κ1) is 9.35. The molecule has 11 heavy (non-hydrogen) atoms. The standard InChI is InChI=1S/C9H12AsBr/c1-10(2)7-8-3-5-9(11)6-4-8/h3-6H,7H2,1-2H3. The van der Waals surface area contributed by atoms with Gasteiger partial charge in [-0.3, -0.25) is 0 Å². The maximum absolute atomic E-state index is 3.42. The number of hydrogen-bond acceptors (Lipinski definition) is 0. The molecule has 0 aromatic heterocycles. The molecule has 0 fully saturated rings. The van der Waals surface area contributed by atoms with E-state index in [0.29, 0.717) is 0 Å². The van der Waals surface area contributed by atoms with Crippen molar-refractivity contribution in [3.05, 3.63) is 34.3 Å². The van der Waals surface area contributed by atoms with E-state index in [1.165, 1.54) is 15.2 Å². The summed E-state index contributed by atoms with van der Waals surface area (Å²) >= 11 is 2.94. The molecule has 0 aliphatic rings. The molecule has 0 aliphatic carbocycles. The molecule has 1 aromatic rings. The van der Waals surface area contributed by atoms with Gasteiger partial charge in [-0.2, -0.15) is 0 Å². The first-order valence-corrected chi connectivity index (χ1v) is 9.45. The molecule has 2 heteroatoms. The number of halogens is 1. The average Bonchev–Trinajstić information content (AvgIpc) is 1.93. The van der Waals surface area contributed by atoms with E-state index in [2.05, 4.69) is 51.6 Å². The van der Waals surface area contributed by atoms with Crippen molar-refractivity contribution < 1.29 is 0 Å². The molecule has 0 nitrogen and oxygen atoms in total. The van der Waals surface area contributed by atoms with Crippen LogP contribution in [0.5, 0.6) is 0 Å². The van der Waals surface area contributed by atoms with Gasteiger partial charge in [0, 0.05) is 0 Å². The van der Waals surface area contributed by atoms with Gasteiger partial charge in [-0.25, -0.2) is 0 Å². The molecule has 0 atom stereocenters. The van der Waals surface area contributed by atoms with Crippen LogP contribution in [0.25, 0.3) is 0 Å². The van der Waals surface area contributed by atoms with E-state index >= 15 is 0 Å². The van der Waals surface area contributed by atoms with Crippen LogP contribution in [0.1, 0.15) is 5.56 Å². The Kier molecular flexibility index (Phi) is 3.68. The van der Waals surface area contributed by atoms with Crippen LogP contribution in [0.15, 0.2) is 28.7 Å². The fourth-order valence-electron chi connectivity index (χ4n) is 0.955. The SMILES string of the molecule is C[As](C)Cc1ccc(Br)cc1. The molecule has 0 aliphatic heterocycles. The molecule has 0 N–H and O–H groups in total. The summed E-state index contributed by atoms with van der Waals surface area (Å²) < 4.78 is 1.17. The summed E-state index contributed by atoms with van der Waals surface area (Å²) in [6, 6.07) is 8.65. The van der Waals surface area contributed by atoms with E-state index < -0.39 is 14.7 Å². The van der Waals surface area contributed by atoms with Gasteiger partial charge in [-0.1, -0.05) is 0 Å². The van der Waals surface area contributed by atoms with Crippen molar-refractivity contribution in [1.82, 2.24) is 0 Å². The van der Waals surface area contributed by atoms with Crippen LogP contribution in [0.2, 0.25) is 11.4 Å². The molecule has 0 bridgehead atoms. The molecule has 1 aromatic carbocycles. The van der Waals surface area contributed by atoms with Gasteiger partial charge < -0.3 is 0 Å². The summed E-state index contributed by atoms with van der Waals surface area (Å²) in [4.78, 5) is 0. The Morgan fingerprint density at radius 2 is 1.73 bits per heavy atom. The van der Waals surface area contributed by atoms with Crippen molar-refractivity contribution in [1.29, 1.82) is 0 Å². The molecule has 60 valence electrons. The predicted octanol–water partition coefficient (Wildman–Crippen LogP) is 3.29. The number of rotatable bonds is 2. The van der Waals surface area contributed by atoms with Gasteiger partial charge in [-0.05, 0) is 0 Å². The Hall–Kier alpha value is 0.258. The fraction of sp³-hybridized carbons (Fsp3) is 0.333. The van der Waals surface area contributed by atoms with Crippen molar-refractivity contribution in [3.63, 3.8) is 0 Å². The third-order valence-corrected chi connectivity index (χ3v) is 4.03. The molecule has 0 unspecified atom stereocenters. The molecule has 0 heterocycles. The zero-order valence-electron chi connectivity index (χ0n) is 6.84. The summed E-state index contributed by atoms with van der Waals surface area (Å²) in [7, 11) is 0. The van der Waals surface area contributed by atoms with E-state index in [-0.39, 0.29) is 0 Å². The van der Waals surface area contributed by atoms with Crippen molar-refractivity contribution >= 4 is 30.6 Å². The minimum atomic E-state index is -0.487. The third-order valence-electron chi connectivity index (χ3n) is 1.41. The van der Waals surface area contributed by atoms with Gasteiger partial charge >= 0.3 is 81.5 Å². The van der Waals surface area contributed by atoms with Gasteiger partial charge in [0.05, 0.1) is 0 Å². The molecule has 0 amide bonds. The van der Waals surface area contributed by atoms with Gasteiger partial charge in [-0.15, -0.1) is 0 Å². The van der Waals surface area contributed by atoms with Crippen molar-refractivity contribution in [3.8, 4) is 0 Å². The van der Waals surface area contributed by atoms with E-state index in [4.69, 9.17) is 0 Å². The van der Waals surface area contributed by atoms with E-state index in [1.807, 2.05) is 0 Å². The van der Waals surface area contributed by atoms with E-state index in [1.54, 1.807) is 0 Å². The van der Waals surface area contributed by atoms with Gasteiger partial charge in [0.1, 0.15) is 0 Å². The predicted molar refractivity (Wildman–Crippen MR) is 55.3 cm³/mol. The monoisotopic (exact) mass is 274 g/mol. The van der Waals surface area contributed by atoms with Crippen LogP contribution in [0.4, 0.5) is 0 Å². The zero-order chi connectivity index (χ0) is 8.27. The molecule has 0 spiro atoms. The molecular formula is C9H12AsBr.